The highest BCUT2D eigenvalue weighted by Crippen LogP contribution is 2.35. The van der Waals surface area contributed by atoms with Crippen LogP contribution in [0.4, 0.5) is 0 Å². The summed E-state index contributed by atoms with van der Waals surface area (Å²) in [4.78, 5) is 12.2. The molecule has 1 atom stereocenters. The van der Waals surface area contributed by atoms with Gasteiger partial charge < -0.3 is 14.8 Å². The lowest BCUT2D eigenvalue weighted by molar-refractivity contribution is -0.120. The molecule has 1 amide bonds. The SMILES string of the molecule is CCOc1cc2c(cc1CNC(=O)Cc1ccccc1)O[C@@H](C)C2. The van der Waals surface area contributed by atoms with E-state index in [0.29, 0.717) is 19.6 Å². The maximum Gasteiger partial charge on any atom is 0.224 e. The summed E-state index contributed by atoms with van der Waals surface area (Å²) < 4.78 is 11.6. The van der Waals surface area contributed by atoms with Crippen LogP contribution in [0, 0.1) is 0 Å². The molecule has 0 bridgehead atoms. The van der Waals surface area contributed by atoms with Crippen molar-refractivity contribution in [3.05, 3.63) is 59.2 Å². The third-order valence-electron chi connectivity index (χ3n) is 4.06. The first-order chi connectivity index (χ1) is 11.7. The number of hydrogen-bond donors (Lipinski definition) is 1. The van der Waals surface area contributed by atoms with Crippen molar-refractivity contribution in [3.63, 3.8) is 0 Å². The van der Waals surface area contributed by atoms with Gasteiger partial charge in [0.1, 0.15) is 17.6 Å². The van der Waals surface area contributed by atoms with Gasteiger partial charge in [-0.2, -0.15) is 0 Å². The minimum absolute atomic E-state index is 0.00145. The predicted molar refractivity (Wildman–Crippen MR) is 93.4 cm³/mol. The molecule has 0 saturated carbocycles. The average Bonchev–Trinajstić information content (AvgIpc) is 2.93. The van der Waals surface area contributed by atoms with Gasteiger partial charge in [0.15, 0.2) is 0 Å². The van der Waals surface area contributed by atoms with Crippen molar-refractivity contribution in [2.24, 2.45) is 0 Å². The van der Waals surface area contributed by atoms with Crippen molar-refractivity contribution in [3.8, 4) is 11.5 Å². The molecule has 1 N–H and O–H groups in total. The molecule has 0 unspecified atom stereocenters. The zero-order valence-corrected chi connectivity index (χ0v) is 14.2. The van der Waals surface area contributed by atoms with Gasteiger partial charge in [-0.1, -0.05) is 30.3 Å². The van der Waals surface area contributed by atoms with E-state index in [9.17, 15) is 4.79 Å². The molecule has 0 radical (unpaired) electrons. The van der Waals surface area contributed by atoms with E-state index in [0.717, 1.165) is 29.0 Å². The third kappa shape index (κ3) is 3.88. The summed E-state index contributed by atoms with van der Waals surface area (Å²) in [6.07, 6.45) is 1.47. The molecule has 3 rings (SSSR count). The summed E-state index contributed by atoms with van der Waals surface area (Å²) in [6, 6.07) is 13.8. The normalized spacial score (nSPS) is 15.5. The van der Waals surface area contributed by atoms with Gasteiger partial charge in [0.25, 0.3) is 0 Å². The van der Waals surface area contributed by atoms with Crippen LogP contribution in [0.3, 0.4) is 0 Å². The molecule has 2 aromatic carbocycles. The van der Waals surface area contributed by atoms with E-state index in [1.54, 1.807) is 0 Å². The highest BCUT2D eigenvalue weighted by Gasteiger charge is 2.22. The molecule has 0 fully saturated rings. The van der Waals surface area contributed by atoms with Gasteiger partial charge in [-0.15, -0.1) is 0 Å². The number of fused-ring (bicyclic) bond motifs is 1. The van der Waals surface area contributed by atoms with Gasteiger partial charge in [0.2, 0.25) is 5.91 Å². The fourth-order valence-electron chi connectivity index (χ4n) is 2.95. The maximum atomic E-state index is 12.2. The number of rotatable bonds is 6. The summed E-state index contributed by atoms with van der Waals surface area (Å²) in [5.41, 5.74) is 3.13. The van der Waals surface area contributed by atoms with Crippen LogP contribution in [0.1, 0.15) is 30.5 Å². The molecule has 4 nitrogen and oxygen atoms in total. The predicted octanol–water partition coefficient (Wildman–Crippen LogP) is 3.27. The van der Waals surface area contributed by atoms with Gasteiger partial charge in [-0.25, -0.2) is 0 Å². The molecule has 0 aliphatic carbocycles. The molecule has 1 aliphatic heterocycles. The second kappa shape index (κ2) is 7.39. The van der Waals surface area contributed by atoms with E-state index in [1.165, 1.54) is 5.56 Å². The molecule has 24 heavy (non-hydrogen) atoms. The largest absolute Gasteiger partial charge is 0.494 e. The van der Waals surface area contributed by atoms with E-state index in [4.69, 9.17) is 9.47 Å². The van der Waals surface area contributed by atoms with Gasteiger partial charge in [-0.3, -0.25) is 4.79 Å². The summed E-state index contributed by atoms with van der Waals surface area (Å²) in [5.74, 6) is 1.73. The molecule has 1 heterocycles. The molecule has 0 spiro atoms. The van der Waals surface area contributed by atoms with E-state index in [2.05, 4.69) is 12.2 Å². The second-order valence-electron chi connectivity index (χ2n) is 6.07. The molecule has 2 aromatic rings. The van der Waals surface area contributed by atoms with Gasteiger partial charge >= 0.3 is 0 Å². The lowest BCUT2D eigenvalue weighted by Crippen LogP contribution is -2.24. The first-order valence-electron chi connectivity index (χ1n) is 8.41. The summed E-state index contributed by atoms with van der Waals surface area (Å²) >= 11 is 0. The van der Waals surface area contributed by atoms with Crippen LogP contribution in [0.25, 0.3) is 0 Å². The van der Waals surface area contributed by atoms with Crippen molar-refractivity contribution in [1.82, 2.24) is 5.32 Å². The Balaban J connectivity index is 1.68. The van der Waals surface area contributed by atoms with Gasteiger partial charge in [-0.05, 0) is 31.5 Å². The Bertz CT molecular complexity index is 712. The molecule has 126 valence electrons. The third-order valence-corrected chi connectivity index (χ3v) is 4.06. The van der Waals surface area contributed by atoms with Crippen LogP contribution in [0.15, 0.2) is 42.5 Å². The first kappa shape index (κ1) is 16.4. The van der Waals surface area contributed by atoms with E-state index in [1.807, 2.05) is 49.4 Å². The smallest absolute Gasteiger partial charge is 0.224 e. The van der Waals surface area contributed by atoms with Crippen LogP contribution < -0.4 is 14.8 Å². The summed E-state index contributed by atoms with van der Waals surface area (Å²) in [5, 5.41) is 2.97. The fraction of sp³-hybridized carbons (Fsp3) is 0.350. The van der Waals surface area contributed by atoms with E-state index >= 15 is 0 Å². The van der Waals surface area contributed by atoms with Crippen LogP contribution in [0.2, 0.25) is 0 Å². The molecule has 4 heteroatoms. The highest BCUT2D eigenvalue weighted by atomic mass is 16.5. The summed E-state index contributed by atoms with van der Waals surface area (Å²) in [7, 11) is 0. The standard InChI is InChI=1S/C20H23NO3/c1-3-23-18-11-16-9-14(2)24-19(16)12-17(18)13-21-20(22)10-15-7-5-4-6-8-15/h4-8,11-12,14H,3,9-10,13H2,1-2H3,(H,21,22)/t14-/m0/s1. The minimum atomic E-state index is -0.00145. The minimum Gasteiger partial charge on any atom is -0.494 e. The topological polar surface area (TPSA) is 47.6 Å². The number of nitrogens with one attached hydrogen (secondary N) is 1. The molecule has 0 saturated heterocycles. The number of carbonyl (C=O) groups is 1. The molecular weight excluding hydrogens is 302 g/mol. The Morgan fingerprint density at radius 3 is 2.83 bits per heavy atom. The lowest BCUT2D eigenvalue weighted by Gasteiger charge is -2.13. The maximum absolute atomic E-state index is 12.2. The highest BCUT2D eigenvalue weighted by molar-refractivity contribution is 5.78. The lowest BCUT2D eigenvalue weighted by atomic mass is 10.1. The Labute approximate surface area is 142 Å². The average molecular weight is 325 g/mol. The number of benzene rings is 2. The van der Waals surface area contributed by atoms with Gasteiger partial charge in [0, 0.05) is 24.1 Å². The van der Waals surface area contributed by atoms with Crippen LogP contribution in [-0.4, -0.2) is 18.6 Å². The zero-order chi connectivity index (χ0) is 16.9. The van der Waals surface area contributed by atoms with Crippen LogP contribution in [0.5, 0.6) is 11.5 Å². The van der Waals surface area contributed by atoms with Crippen molar-refractivity contribution in [2.45, 2.75) is 39.3 Å². The van der Waals surface area contributed by atoms with Crippen LogP contribution >= 0.6 is 0 Å². The van der Waals surface area contributed by atoms with E-state index < -0.39 is 0 Å². The summed E-state index contributed by atoms with van der Waals surface area (Å²) in [6.45, 7) is 5.05. The zero-order valence-electron chi connectivity index (χ0n) is 14.2. The Hall–Kier alpha value is -2.49. The molecular formula is C20H23NO3. The number of carbonyl (C=O) groups excluding carboxylic acids is 1. The van der Waals surface area contributed by atoms with Crippen molar-refractivity contribution < 1.29 is 14.3 Å². The van der Waals surface area contributed by atoms with Gasteiger partial charge in [0.05, 0.1) is 13.0 Å². The van der Waals surface area contributed by atoms with Crippen molar-refractivity contribution >= 4 is 5.91 Å². The van der Waals surface area contributed by atoms with Crippen molar-refractivity contribution in [2.75, 3.05) is 6.61 Å². The molecule has 1 aliphatic rings. The quantitative estimate of drug-likeness (QED) is 0.887. The monoisotopic (exact) mass is 325 g/mol. The first-order valence-corrected chi connectivity index (χ1v) is 8.41. The van der Waals surface area contributed by atoms with Crippen molar-refractivity contribution in [1.29, 1.82) is 0 Å². The molecule has 0 aromatic heterocycles. The number of hydrogen-bond acceptors (Lipinski definition) is 3. The van der Waals surface area contributed by atoms with Crippen LogP contribution in [-0.2, 0) is 24.2 Å². The Morgan fingerprint density at radius 2 is 2.08 bits per heavy atom. The Kier molecular flexibility index (Phi) is 5.04. The number of ether oxygens (including phenoxy) is 2. The Morgan fingerprint density at radius 1 is 1.29 bits per heavy atom. The second-order valence-corrected chi connectivity index (χ2v) is 6.07. The van der Waals surface area contributed by atoms with E-state index in [-0.39, 0.29) is 12.0 Å². The number of amides is 1. The fourth-order valence-corrected chi connectivity index (χ4v) is 2.95.